The zero-order chi connectivity index (χ0) is 18.1. The minimum atomic E-state index is 0.0292. The van der Waals surface area contributed by atoms with E-state index in [4.69, 9.17) is 0 Å². The highest BCUT2D eigenvalue weighted by molar-refractivity contribution is 5.81. The Morgan fingerprint density at radius 3 is 2.65 bits per heavy atom. The van der Waals surface area contributed by atoms with Crippen LogP contribution in [0.1, 0.15) is 26.2 Å². The summed E-state index contributed by atoms with van der Waals surface area (Å²) < 4.78 is 1.66. The van der Waals surface area contributed by atoms with Gasteiger partial charge in [-0.25, -0.2) is 0 Å². The Kier molecular flexibility index (Phi) is 4.44. The maximum Gasteiger partial charge on any atom is 0.227 e. The molecular weight excluding hydrogens is 334 g/mol. The van der Waals surface area contributed by atoms with Crippen LogP contribution in [0.5, 0.6) is 0 Å². The molecule has 9 nitrogen and oxygen atoms in total. The van der Waals surface area contributed by atoms with Crippen molar-refractivity contribution in [1.29, 1.82) is 0 Å². The fourth-order valence-electron chi connectivity index (χ4n) is 3.70. The van der Waals surface area contributed by atoms with Gasteiger partial charge in [0.1, 0.15) is 12.1 Å². The molecule has 0 bridgehead atoms. The van der Waals surface area contributed by atoms with Crippen molar-refractivity contribution < 1.29 is 9.59 Å². The molecule has 4 heterocycles. The van der Waals surface area contributed by atoms with Gasteiger partial charge < -0.3 is 14.7 Å². The molecule has 2 fully saturated rings. The molecule has 138 valence electrons. The van der Waals surface area contributed by atoms with E-state index in [9.17, 15) is 9.59 Å². The lowest BCUT2D eigenvalue weighted by Gasteiger charge is -2.33. The van der Waals surface area contributed by atoms with Crippen LogP contribution >= 0.6 is 0 Å². The van der Waals surface area contributed by atoms with Gasteiger partial charge in [0.2, 0.25) is 11.8 Å². The number of piperidine rings is 1. The number of aromatic nitrogens is 4. The third kappa shape index (κ3) is 3.09. The third-order valence-electron chi connectivity index (χ3n) is 5.26. The van der Waals surface area contributed by atoms with Gasteiger partial charge in [-0.1, -0.05) is 6.92 Å². The topological polar surface area (TPSA) is 86.9 Å². The summed E-state index contributed by atoms with van der Waals surface area (Å²) in [6.07, 6.45) is 3.69. The van der Waals surface area contributed by atoms with E-state index in [1.54, 1.807) is 15.7 Å². The molecule has 2 aromatic rings. The minimum absolute atomic E-state index is 0.0292. The third-order valence-corrected chi connectivity index (χ3v) is 5.26. The van der Waals surface area contributed by atoms with Gasteiger partial charge in [-0.15, -0.1) is 15.3 Å². The van der Waals surface area contributed by atoms with Gasteiger partial charge in [0.05, 0.1) is 6.67 Å². The van der Waals surface area contributed by atoms with Crippen molar-refractivity contribution in [2.24, 2.45) is 5.92 Å². The van der Waals surface area contributed by atoms with Gasteiger partial charge in [-0.2, -0.15) is 4.52 Å². The van der Waals surface area contributed by atoms with Crippen molar-refractivity contribution >= 4 is 23.3 Å². The standard InChI is InChI=1S/C17H23N7O2/c1-2-16(25)22-9-10-23(12-22)17(26)13-5-7-21(8-6-13)15-4-3-14-19-18-11-24(14)20-15/h3-4,11,13H,2,5-10,12H2,1H3. The zero-order valence-corrected chi connectivity index (χ0v) is 14.9. The first kappa shape index (κ1) is 16.7. The number of carbonyl (C=O) groups is 2. The molecule has 2 amide bonds. The van der Waals surface area contributed by atoms with Gasteiger partial charge in [-0.3, -0.25) is 9.59 Å². The van der Waals surface area contributed by atoms with Crippen molar-refractivity contribution in [3.05, 3.63) is 18.5 Å². The summed E-state index contributed by atoms with van der Waals surface area (Å²) in [4.78, 5) is 30.4. The molecule has 2 saturated heterocycles. The van der Waals surface area contributed by atoms with Crippen LogP contribution < -0.4 is 4.90 Å². The Bertz CT molecular complexity index is 812. The van der Waals surface area contributed by atoms with E-state index in [1.807, 2.05) is 24.0 Å². The molecule has 2 aliphatic heterocycles. The summed E-state index contributed by atoms with van der Waals surface area (Å²) >= 11 is 0. The van der Waals surface area contributed by atoms with Crippen LogP contribution in [0.25, 0.3) is 5.65 Å². The number of nitrogens with zero attached hydrogens (tertiary/aromatic N) is 7. The summed E-state index contributed by atoms with van der Waals surface area (Å²) in [6.45, 7) is 5.19. The average molecular weight is 357 g/mol. The van der Waals surface area contributed by atoms with Crippen LogP contribution in [0.15, 0.2) is 18.5 Å². The summed E-state index contributed by atoms with van der Waals surface area (Å²) in [5.74, 6) is 1.20. The van der Waals surface area contributed by atoms with Crippen molar-refractivity contribution in [2.45, 2.75) is 26.2 Å². The minimum Gasteiger partial charge on any atom is -0.355 e. The Hall–Kier alpha value is -2.71. The smallest absolute Gasteiger partial charge is 0.227 e. The predicted octanol–water partition coefficient (Wildman–Crippen LogP) is 0.379. The summed E-state index contributed by atoms with van der Waals surface area (Å²) in [6, 6.07) is 3.84. The number of amides is 2. The van der Waals surface area contributed by atoms with Crippen LogP contribution in [-0.4, -0.2) is 74.3 Å². The lowest BCUT2D eigenvalue weighted by Crippen LogP contribution is -2.43. The lowest BCUT2D eigenvalue weighted by molar-refractivity contribution is -0.137. The maximum atomic E-state index is 12.8. The normalized spacial score (nSPS) is 18.7. The Morgan fingerprint density at radius 1 is 1.12 bits per heavy atom. The van der Waals surface area contributed by atoms with E-state index in [0.717, 1.165) is 37.4 Å². The first-order valence-corrected chi connectivity index (χ1v) is 9.14. The largest absolute Gasteiger partial charge is 0.355 e. The number of rotatable bonds is 3. The molecule has 9 heteroatoms. The van der Waals surface area contributed by atoms with E-state index in [-0.39, 0.29) is 17.7 Å². The van der Waals surface area contributed by atoms with Crippen molar-refractivity contribution in [3.8, 4) is 0 Å². The SMILES string of the molecule is CCC(=O)N1CCN(C(=O)C2CCN(c3ccc4nncn4n3)CC2)C1. The summed E-state index contributed by atoms with van der Waals surface area (Å²) in [5, 5.41) is 12.3. The number of anilines is 1. The fraction of sp³-hybridized carbons (Fsp3) is 0.588. The van der Waals surface area contributed by atoms with E-state index in [1.165, 1.54) is 0 Å². The van der Waals surface area contributed by atoms with E-state index >= 15 is 0 Å². The van der Waals surface area contributed by atoms with Gasteiger partial charge in [0.25, 0.3) is 0 Å². The molecule has 26 heavy (non-hydrogen) atoms. The second-order valence-electron chi connectivity index (χ2n) is 6.84. The average Bonchev–Trinajstić information content (AvgIpc) is 3.35. The first-order chi connectivity index (χ1) is 12.7. The van der Waals surface area contributed by atoms with Crippen LogP contribution in [0, 0.1) is 5.92 Å². The number of hydrogen-bond donors (Lipinski definition) is 0. The van der Waals surface area contributed by atoms with Gasteiger partial charge in [-0.05, 0) is 25.0 Å². The van der Waals surface area contributed by atoms with Crippen molar-refractivity contribution in [2.75, 3.05) is 37.7 Å². The van der Waals surface area contributed by atoms with Crippen LogP contribution in [0.2, 0.25) is 0 Å². The molecule has 0 saturated carbocycles. The molecule has 0 atom stereocenters. The van der Waals surface area contributed by atoms with Crippen LogP contribution in [0.3, 0.4) is 0 Å². The second kappa shape index (κ2) is 6.89. The highest BCUT2D eigenvalue weighted by Gasteiger charge is 2.33. The summed E-state index contributed by atoms with van der Waals surface area (Å²) in [7, 11) is 0. The first-order valence-electron chi connectivity index (χ1n) is 9.14. The molecule has 2 aliphatic rings. The van der Waals surface area contributed by atoms with Crippen molar-refractivity contribution in [1.82, 2.24) is 29.6 Å². The molecule has 0 spiro atoms. The maximum absolute atomic E-state index is 12.8. The van der Waals surface area contributed by atoms with E-state index in [2.05, 4.69) is 20.2 Å². The predicted molar refractivity (Wildman–Crippen MR) is 94.3 cm³/mol. The van der Waals surface area contributed by atoms with E-state index in [0.29, 0.717) is 26.2 Å². The Labute approximate surface area is 151 Å². The van der Waals surface area contributed by atoms with Crippen molar-refractivity contribution in [3.63, 3.8) is 0 Å². The molecule has 0 N–H and O–H groups in total. The molecule has 0 radical (unpaired) electrons. The monoisotopic (exact) mass is 357 g/mol. The van der Waals surface area contributed by atoms with E-state index < -0.39 is 0 Å². The lowest BCUT2D eigenvalue weighted by atomic mass is 9.95. The molecule has 4 rings (SSSR count). The van der Waals surface area contributed by atoms with Crippen LogP contribution in [-0.2, 0) is 9.59 Å². The molecule has 0 aliphatic carbocycles. The quantitative estimate of drug-likeness (QED) is 0.789. The van der Waals surface area contributed by atoms with Gasteiger partial charge >= 0.3 is 0 Å². The molecule has 0 aromatic carbocycles. The van der Waals surface area contributed by atoms with Gasteiger partial charge in [0, 0.05) is 38.5 Å². The number of carbonyl (C=O) groups excluding carboxylic acids is 2. The Morgan fingerprint density at radius 2 is 1.88 bits per heavy atom. The number of fused-ring (bicyclic) bond motifs is 1. The molecular formula is C17H23N7O2. The molecule has 2 aromatic heterocycles. The number of hydrogen-bond acceptors (Lipinski definition) is 6. The molecule has 0 unspecified atom stereocenters. The van der Waals surface area contributed by atoms with Gasteiger partial charge in [0.15, 0.2) is 5.65 Å². The highest BCUT2D eigenvalue weighted by Crippen LogP contribution is 2.24. The Balaban J connectivity index is 1.34. The highest BCUT2D eigenvalue weighted by atomic mass is 16.2. The van der Waals surface area contributed by atoms with Crippen LogP contribution in [0.4, 0.5) is 5.82 Å². The second-order valence-corrected chi connectivity index (χ2v) is 6.84. The summed E-state index contributed by atoms with van der Waals surface area (Å²) in [5.41, 5.74) is 0.721. The fourth-order valence-corrected chi connectivity index (χ4v) is 3.70. The zero-order valence-electron chi connectivity index (χ0n) is 14.9.